The smallest absolute Gasteiger partial charge is 0.0718 e. The van der Waals surface area contributed by atoms with E-state index in [1.54, 1.807) is 11.1 Å². The van der Waals surface area contributed by atoms with Gasteiger partial charge in [-0.1, -0.05) is 189 Å². The maximum absolute atomic E-state index is 2.69. The van der Waals surface area contributed by atoms with Crippen molar-refractivity contribution in [1.82, 2.24) is 0 Å². The molecule has 1 unspecified atom stereocenters. The van der Waals surface area contributed by atoms with Gasteiger partial charge >= 0.3 is 0 Å². The molecule has 0 saturated heterocycles. The summed E-state index contributed by atoms with van der Waals surface area (Å²) >= 11 is 0. The molecule has 0 aliphatic heterocycles. The van der Waals surface area contributed by atoms with Crippen LogP contribution in [0.2, 0.25) is 0 Å². The summed E-state index contributed by atoms with van der Waals surface area (Å²) in [5.74, 6) is 3.50. The Morgan fingerprint density at radius 3 is 1.71 bits per heavy atom. The van der Waals surface area contributed by atoms with Crippen LogP contribution in [0.5, 0.6) is 0 Å². The summed E-state index contributed by atoms with van der Waals surface area (Å²) in [5, 5.41) is 0. The quantitative estimate of drug-likeness (QED) is 0.161. The largest absolute Gasteiger partial charge is 0.310 e. The van der Waals surface area contributed by atoms with Crippen molar-refractivity contribution in [2.75, 3.05) is 4.90 Å². The monoisotopic (exact) mass is 927 g/mol. The maximum atomic E-state index is 2.69. The molecular weight excluding hydrogens is 867 g/mol. The molecule has 9 aromatic rings. The highest BCUT2D eigenvalue weighted by molar-refractivity contribution is 5.95. The van der Waals surface area contributed by atoms with Gasteiger partial charge in [0.05, 0.1) is 11.1 Å². The van der Waals surface area contributed by atoms with Gasteiger partial charge in [-0.3, -0.25) is 0 Å². The van der Waals surface area contributed by atoms with E-state index in [2.05, 4.69) is 226 Å². The molecule has 16 rings (SSSR count). The van der Waals surface area contributed by atoms with Crippen LogP contribution in [0.4, 0.5) is 17.1 Å². The van der Waals surface area contributed by atoms with Crippen molar-refractivity contribution in [3.05, 3.63) is 256 Å². The van der Waals surface area contributed by atoms with Crippen molar-refractivity contribution in [2.45, 2.75) is 82.5 Å². The Hall–Kier alpha value is -7.22. The van der Waals surface area contributed by atoms with Crippen molar-refractivity contribution in [1.29, 1.82) is 0 Å². The summed E-state index contributed by atoms with van der Waals surface area (Å²) in [5.41, 5.74) is 28.4. The summed E-state index contributed by atoms with van der Waals surface area (Å²) in [6.45, 7) is 6.94. The van der Waals surface area contributed by atoms with Gasteiger partial charge in [0.1, 0.15) is 0 Å². The molecule has 0 amide bonds. The number of rotatable bonds is 6. The SMILES string of the molecule is Cc1ccc2c(c1)CCc1cc(C(C)C)ccc1C21c2ccccc2-c2cc(N(c3cccc(-c4ccc(-c5ccccc5)cc4)c3)c3cccc4c3C3(c5ccccc5-4)C4CC5CC(C4)CC3C5)ccc21. The third-order valence-corrected chi connectivity index (χ3v) is 19.0. The van der Waals surface area contributed by atoms with Crippen LogP contribution in [0.3, 0.4) is 0 Å². The fourth-order valence-electron chi connectivity index (χ4n) is 16.4. The van der Waals surface area contributed by atoms with Gasteiger partial charge in [-0.15, -0.1) is 0 Å². The Bertz CT molecular complexity index is 3620. The van der Waals surface area contributed by atoms with Crippen LogP contribution >= 0.6 is 0 Å². The van der Waals surface area contributed by atoms with Crippen LogP contribution in [-0.4, -0.2) is 0 Å². The van der Waals surface area contributed by atoms with E-state index in [1.807, 2.05) is 0 Å². The molecule has 0 heterocycles. The third kappa shape index (κ3) is 5.94. The molecule has 1 atom stereocenters. The minimum absolute atomic E-state index is 0.00675. The van der Waals surface area contributed by atoms with Crippen LogP contribution in [0, 0.1) is 30.6 Å². The minimum Gasteiger partial charge on any atom is -0.310 e. The molecule has 1 heteroatoms. The summed E-state index contributed by atoms with van der Waals surface area (Å²) < 4.78 is 0. The van der Waals surface area contributed by atoms with E-state index in [1.165, 1.54) is 138 Å². The lowest BCUT2D eigenvalue weighted by molar-refractivity contribution is -0.0397. The molecule has 4 fully saturated rings. The number of aryl methyl sites for hydroxylation is 3. The van der Waals surface area contributed by atoms with Crippen LogP contribution in [0.25, 0.3) is 44.5 Å². The average Bonchev–Trinajstić information content (AvgIpc) is 3.83. The van der Waals surface area contributed by atoms with Crippen molar-refractivity contribution in [3.8, 4) is 44.5 Å². The van der Waals surface area contributed by atoms with Crippen molar-refractivity contribution in [3.63, 3.8) is 0 Å². The molecule has 350 valence electrons. The summed E-state index contributed by atoms with van der Waals surface area (Å²) in [7, 11) is 0. The van der Waals surface area contributed by atoms with Crippen molar-refractivity contribution < 1.29 is 0 Å². The molecule has 72 heavy (non-hydrogen) atoms. The van der Waals surface area contributed by atoms with E-state index in [0.29, 0.717) is 17.8 Å². The van der Waals surface area contributed by atoms with Gasteiger partial charge in [0.2, 0.25) is 0 Å². The fourth-order valence-corrected chi connectivity index (χ4v) is 16.4. The molecule has 9 aromatic carbocycles. The number of hydrogen-bond donors (Lipinski definition) is 0. The Morgan fingerprint density at radius 2 is 0.972 bits per heavy atom. The Labute approximate surface area is 426 Å². The standard InChI is InChI=1S/C71H61N/c1-44(2)51-30-33-64-54(41-51)29-28-53-35-45(3)23-32-63(53)71(64)66-21-10-8-18-60(66)62-43-58(31-34-67(62)71)72(57-16-11-15-52(42-57)50-26-24-49(25-27-50)48-13-5-4-6-14-48)68-22-12-19-61-59-17-7-9-20-65(59)70(69(61)68)55-37-46-36-47(39-55)40-56(70)38-46/h4-27,30-35,41-44,46-47,55-56H,28-29,36-40H2,1-3H3. The number of fused-ring (bicyclic) bond motifs is 12. The molecule has 0 radical (unpaired) electrons. The number of anilines is 3. The first-order valence-corrected chi connectivity index (χ1v) is 27.1. The lowest BCUT2D eigenvalue weighted by Gasteiger charge is -2.61. The predicted octanol–water partition coefficient (Wildman–Crippen LogP) is 18.1. The Morgan fingerprint density at radius 1 is 0.417 bits per heavy atom. The van der Waals surface area contributed by atoms with Crippen molar-refractivity contribution in [2.24, 2.45) is 23.7 Å². The first-order valence-electron chi connectivity index (χ1n) is 27.1. The van der Waals surface area contributed by atoms with E-state index in [0.717, 1.165) is 24.7 Å². The summed E-state index contributed by atoms with van der Waals surface area (Å²) in [6.07, 6.45) is 8.91. The van der Waals surface area contributed by atoms with E-state index in [9.17, 15) is 0 Å². The predicted molar refractivity (Wildman–Crippen MR) is 299 cm³/mol. The van der Waals surface area contributed by atoms with Crippen molar-refractivity contribution >= 4 is 17.1 Å². The second-order valence-corrected chi connectivity index (χ2v) is 23.0. The van der Waals surface area contributed by atoms with Crippen LogP contribution < -0.4 is 4.90 Å². The zero-order chi connectivity index (χ0) is 47.9. The van der Waals surface area contributed by atoms with E-state index < -0.39 is 5.41 Å². The molecule has 2 spiro atoms. The van der Waals surface area contributed by atoms with E-state index >= 15 is 0 Å². The topological polar surface area (TPSA) is 3.24 Å². The molecule has 0 N–H and O–H groups in total. The highest BCUT2D eigenvalue weighted by Gasteiger charge is 2.62. The highest BCUT2D eigenvalue weighted by atomic mass is 15.1. The first-order chi connectivity index (χ1) is 35.4. The van der Waals surface area contributed by atoms with Crippen LogP contribution in [-0.2, 0) is 23.7 Å². The Balaban J connectivity index is 0.975. The Kier molecular flexibility index (Phi) is 9.37. The molecule has 1 nitrogen and oxygen atoms in total. The van der Waals surface area contributed by atoms with Gasteiger partial charge in [0.25, 0.3) is 0 Å². The lowest BCUT2D eigenvalue weighted by atomic mass is 9.43. The number of hydrogen-bond acceptors (Lipinski definition) is 1. The number of nitrogens with zero attached hydrogens (tertiary/aromatic N) is 1. The maximum Gasteiger partial charge on any atom is 0.0718 e. The molecule has 4 saturated carbocycles. The lowest BCUT2D eigenvalue weighted by Crippen LogP contribution is -2.55. The molecule has 7 aliphatic rings. The summed E-state index contributed by atoms with van der Waals surface area (Å²) in [6, 6.07) is 78.2. The van der Waals surface area contributed by atoms with E-state index in [-0.39, 0.29) is 5.41 Å². The van der Waals surface area contributed by atoms with Gasteiger partial charge in [0.15, 0.2) is 0 Å². The normalized spacial score (nSPS) is 23.3. The van der Waals surface area contributed by atoms with Crippen LogP contribution in [0.15, 0.2) is 200 Å². The molecular formula is C71H61N. The van der Waals surface area contributed by atoms with Gasteiger partial charge in [-0.2, -0.15) is 0 Å². The average molecular weight is 928 g/mol. The number of benzene rings is 9. The molecule has 7 aliphatic carbocycles. The van der Waals surface area contributed by atoms with Gasteiger partial charge in [0, 0.05) is 16.8 Å². The fraction of sp³-hybridized carbons (Fsp3) is 0.239. The highest BCUT2D eigenvalue weighted by Crippen LogP contribution is 2.71. The molecule has 4 bridgehead atoms. The minimum atomic E-state index is -0.439. The summed E-state index contributed by atoms with van der Waals surface area (Å²) in [4.78, 5) is 2.69. The second-order valence-electron chi connectivity index (χ2n) is 23.0. The van der Waals surface area contributed by atoms with Gasteiger partial charge < -0.3 is 4.90 Å². The first kappa shape index (κ1) is 42.5. The third-order valence-electron chi connectivity index (χ3n) is 19.0. The van der Waals surface area contributed by atoms with Gasteiger partial charge in [-0.05, 0) is 206 Å². The zero-order valence-electron chi connectivity index (χ0n) is 41.8. The van der Waals surface area contributed by atoms with E-state index in [4.69, 9.17) is 0 Å². The molecule has 0 aromatic heterocycles. The zero-order valence-corrected chi connectivity index (χ0v) is 41.8. The van der Waals surface area contributed by atoms with Gasteiger partial charge in [-0.25, -0.2) is 0 Å². The van der Waals surface area contributed by atoms with Crippen LogP contribution in [0.1, 0.15) is 108 Å². The second kappa shape index (κ2) is 15.9.